The second-order valence-electron chi connectivity index (χ2n) is 6.21. The number of amides is 1. The highest BCUT2D eigenvalue weighted by Gasteiger charge is 2.12. The van der Waals surface area contributed by atoms with Crippen molar-refractivity contribution in [2.45, 2.75) is 26.7 Å². The summed E-state index contributed by atoms with van der Waals surface area (Å²) in [4.78, 5) is 12.7. The first-order valence-electron chi connectivity index (χ1n) is 9.10. The van der Waals surface area contributed by atoms with E-state index in [0.717, 1.165) is 18.5 Å². The predicted molar refractivity (Wildman–Crippen MR) is 105 cm³/mol. The van der Waals surface area contributed by atoms with E-state index in [9.17, 15) is 4.79 Å². The molecule has 1 N–H and O–H groups in total. The van der Waals surface area contributed by atoms with Crippen LogP contribution in [0, 0.1) is 6.92 Å². The molecule has 0 unspecified atom stereocenters. The molecule has 0 aliphatic heterocycles. The van der Waals surface area contributed by atoms with Crippen molar-refractivity contribution in [3.63, 3.8) is 0 Å². The number of ether oxygens (including phenoxy) is 2. The smallest absolute Gasteiger partial charge is 0.255 e. The van der Waals surface area contributed by atoms with Gasteiger partial charge in [-0.15, -0.1) is 5.10 Å². The number of anilines is 1. The Balaban J connectivity index is 1.75. The molecule has 0 bridgehead atoms. The summed E-state index contributed by atoms with van der Waals surface area (Å²) >= 11 is 0. The first-order valence-corrected chi connectivity index (χ1v) is 9.10. The Morgan fingerprint density at radius 2 is 2.04 bits per heavy atom. The molecule has 3 aromatic rings. The van der Waals surface area contributed by atoms with Gasteiger partial charge in [-0.25, -0.2) is 0 Å². The lowest BCUT2D eigenvalue weighted by Crippen LogP contribution is -2.12. The van der Waals surface area contributed by atoms with E-state index in [1.165, 1.54) is 0 Å². The molecule has 8 nitrogen and oxygen atoms in total. The summed E-state index contributed by atoms with van der Waals surface area (Å²) in [7, 11) is 1.56. The Morgan fingerprint density at radius 1 is 1.18 bits per heavy atom. The maximum Gasteiger partial charge on any atom is 0.255 e. The molecular formula is C20H23N5O3. The number of benzene rings is 2. The fraction of sp³-hybridized carbons (Fsp3) is 0.300. The molecule has 0 fully saturated rings. The summed E-state index contributed by atoms with van der Waals surface area (Å²) in [6, 6.07) is 12.5. The molecule has 1 amide bonds. The second-order valence-corrected chi connectivity index (χ2v) is 6.21. The van der Waals surface area contributed by atoms with E-state index < -0.39 is 0 Å². The van der Waals surface area contributed by atoms with Gasteiger partial charge in [0.05, 0.1) is 19.4 Å². The van der Waals surface area contributed by atoms with Crippen LogP contribution in [0.1, 0.15) is 35.9 Å². The highest BCUT2D eigenvalue weighted by atomic mass is 16.5. The van der Waals surface area contributed by atoms with Gasteiger partial charge in [-0.05, 0) is 60.2 Å². The molecule has 0 aliphatic rings. The number of aryl methyl sites for hydroxylation is 1. The van der Waals surface area contributed by atoms with Crippen LogP contribution in [0.25, 0.3) is 5.69 Å². The van der Waals surface area contributed by atoms with Crippen LogP contribution >= 0.6 is 0 Å². The average Bonchev–Trinajstić information content (AvgIpc) is 3.14. The highest BCUT2D eigenvalue weighted by Crippen LogP contribution is 2.28. The molecule has 2 aromatic carbocycles. The SMILES string of the molecule is CCCCOc1ccc(C(=O)Nc2cccc(-n3nnnc3C)c2)cc1OC. The molecule has 1 heterocycles. The van der Waals surface area contributed by atoms with E-state index in [1.54, 1.807) is 42.1 Å². The number of nitrogens with one attached hydrogen (secondary N) is 1. The minimum absolute atomic E-state index is 0.246. The lowest BCUT2D eigenvalue weighted by Gasteiger charge is -2.12. The van der Waals surface area contributed by atoms with Gasteiger partial charge in [0.15, 0.2) is 17.3 Å². The normalized spacial score (nSPS) is 10.5. The van der Waals surface area contributed by atoms with Crippen molar-refractivity contribution >= 4 is 11.6 Å². The Morgan fingerprint density at radius 3 is 2.75 bits per heavy atom. The number of carbonyl (C=O) groups excluding carboxylic acids is 1. The minimum Gasteiger partial charge on any atom is -0.493 e. The lowest BCUT2D eigenvalue weighted by atomic mass is 10.1. The van der Waals surface area contributed by atoms with E-state index in [1.807, 2.05) is 19.1 Å². The van der Waals surface area contributed by atoms with Crippen molar-refractivity contribution in [2.75, 3.05) is 19.0 Å². The molecule has 3 rings (SSSR count). The van der Waals surface area contributed by atoms with Crippen molar-refractivity contribution in [3.8, 4) is 17.2 Å². The van der Waals surface area contributed by atoms with Gasteiger partial charge in [0, 0.05) is 11.3 Å². The van der Waals surface area contributed by atoms with E-state index in [0.29, 0.717) is 35.2 Å². The van der Waals surface area contributed by atoms with E-state index in [4.69, 9.17) is 9.47 Å². The van der Waals surface area contributed by atoms with E-state index in [2.05, 4.69) is 27.8 Å². The average molecular weight is 381 g/mol. The second kappa shape index (κ2) is 8.98. The Kier molecular flexibility index (Phi) is 6.21. The number of hydrogen-bond acceptors (Lipinski definition) is 6. The lowest BCUT2D eigenvalue weighted by molar-refractivity contribution is 0.102. The van der Waals surface area contributed by atoms with Crippen molar-refractivity contribution in [1.82, 2.24) is 20.2 Å². The zero-order chi connectivity index (χ0) is 19.9. The number of nitrogens with zero attached hydrogens (tertiary/aromatic N) is 4. The number of carbonyl (C=O) groups is 1. The summed E-state index contributed by atoms with van der Waals surface area (Å²) < 4.78 is 12.7. The van der Waals surface area contributed by atoms with Crippen molar-refractivity contribution < 1.29 is 14.3 Å². The molecule has 28 heavy (non-hydrogen) atoms. The van der Waals surface area contributed by atoms with Gasteiger partial charge in [-0.1, -0.05) is 19.4 Å². The topological polar surface area (TPSA) is 91.2 Å². The summed E-state index contributed by atoms with van der Waals surface area (Å²) in [5.41, 5.74) is 1.88. The largest absolute Gasteiger partial charge is 0.493 e. The number of aromatic nitrogens is 4. The van der Waals surface area contributed by atoms with Gasteiger partial charge < -0.3 is 14.8 Å². The Bertz CT molecular complexity index is 955. The third-order valence-electron chi connectivity index (χ3n) is 4.16. The maximum atomic E-state index is 12.7. The molecule has 0 aliphatic carbocycles. The highest BCUT2D eigenvalue weighted by molar-refractivity contribution is 6.04. The monoisotopic (exact) mass is 381 g/mol. The Labute approximate surface area is 163 Å². The van der Waals surface area contributed by atoms with Crippen molar-refractivity contribution in [1.29, 1.82) is 0 Å². The number of hydrogen-bond donors (Lipinski definition) is 1. The molecule has 0 spiro atoms. The maximum absolute atomic E-state index is 12.7. The third-order valence-corrected chi connectivity index (χ3v) is 4.16. The summed E-state index contributed by atoms with van der Waals surface area (Å²) in [6.45, 7) is 4.52. The van der Waals surface area contributed by atoms with Crippen LogP contribution < -0.4 is 14.8 Å². The molecule has 0 saturated heterocycles. The summed E-state index contributed by atoms with van der Waals surface area (Å²) in [5.74, 6) is 1.57. The van der Waals surface area contributed by atoms with Crippen LogP contribution in [-0.4, -0.2) is 39.8 Å². The van der Waals surface area contributed by atoms with Gasteiger partial charge in [-0.3, -0.25) is 4.79 Å². The zero-order valence-electron chi connectivity index (χ0n) is 16.2. The van der Waals surface area contributed by atoms with Crippen LogP contribution in [0.5, 0.6) is 11.5 Å². The third kappa shape index (κ3) is 4.46. The quantitative estimate of drug-likeness (QED) is 0.601. The van der Waals surface area contributed by atoms with Gasteiger partial charge in [0.1, 0.15) is 0 Å². The first kappa shape index (κ1) is 19.3. The minimum atomic E-state index is -0.246. The fourth-order valence-electron chi connectivity index (χ4n) is 2.64. The molecular weight excluding hydrogens is 358 g/mol. The fourth-order valence-corrected chi connectivity index (χ4v) is 2.64. The van der Waals surface area contributed by atoms with E-state index in [-0.39, 0.29) is 5.91 Å². The summed E-state index contributed by atoms with van der Waals surface area (Å²) in [5, 5.41) is 14.3. The van der Waals surface area contributed by atoms with Gasteiger partial charge in [0.2, 0.25) is 0 Å². The number of unbranched alkanes of at least 4 members (excludes halogenated alkanes) is 1. The van der Waals surface area contributed by atoms with Crippen molar-refractivity contribution in [3.05, 3.63) is 53.9 Å². The van der Waals surface area contributed by atoms with E-state index >= 15 is 0 Å². The van der Waals surface area contributed by atoms with Crippen LogP contribution in [0.15, 0.2) is 42.5 Å². The Hall–Kier alpha value is -3.42. The van der Waals surface area contributed by atoms with Crippen LogP contribution in [0.2, 0.25) is 0 Å². The number of tetrazole rings is 1. The van der Waals surface area contributed by atoms with Crippen LogP contribution in [0.3, 0.4) is 0 Å². The molecule has 146 valence electrons. The zero-order valence-corrected chi connectivity index (χ0v) is 16.2. The molecule has 8 heteroatoms. The number of rotatable bonds is 8. The van der Waals surface area contributed by atoms with Gasteiger partial charge in [-0.2, -0.15) is 4.68 Å². The van der Waals surface area contributed by atoms with Crippen molar-refractivity contribution in [2.24, 2.45) is 0 Å². The number of methoxy groups -OCH3 is 1. The van der Waals surface area contributed by atoms with Gasteiger partial charge >= 0.3 is 0 Å². The van der Waals surface area contributed by atoms with Crippen LogP contribution in [0.4, 0.5) is 5.69 Å². The molecule has 1 aromatic heterocycles. The molecule has 0 saturated carbocycles. The molecule has 0 atom stereocenters. The predicted octanol–water partition coefficient (Wildman–Crippen LogP) is 3.41. The summed E-state index contributed by atoms with van der Waals surface area (Å²) in [6.07, 6.45) is 2.01. The van der Waals surface area contributed by atoms with Gasteiger partial charge in [0.25, 0.3) is 5.91 Å². The molecule has 0 radical (unpaired) electrons. The van der Waals surface area contributed by atoms with Crippen LogP contribution in [-0.2, 0) is 0 Å². The first-order chi connectivity index (χ1) is 13.6. The standard InChI is InChI=1S/C20H23N5O3/c1-4-5-11-28-18-10-9-15(12-19(18)27-3)20(26)21-16-7-6-8-17(13-16)25-14(2)22-23-24-25/h6-10,12-13H,4-5,11H2,1-3H3,(H,21,26).